The topological polar surface area (TPSA) is 47.4 Å². The summed E-state index contributed by atoms with van der Waals surface area (Å²) in [7, 11) is 5.19. The first-order chi connectivity index (χ1) is 9.09. The van der Waals surface area contributed by atoms with Gasteiger partial charge in [0.25, 0.3) is 0 Å². The van der Waals surface area contributed by atoms with Gasteiger partial charge in [-0.2, -0.15) is 0 Å². The Bertz CT molecular complexity index is 549. The highest BCUT2D eigenvalue weighted by atomic mass is 16.6. The Morgan fingerprint density at radius 2 is 2.00 bits per heavy atom. The molecule has 1 heterocycles. The van der Waals surface area contributed by atoms with Gasteiger partial charge in [0.1, 0.15) is 0 Å². The van der Waals surface area contributed by atoms with E-state index in [1.54, 1.807) is 20.3 Å². The number of nitrogens with zero attached hydrogens (tertiary/aromatic N) is 3. The van der Waals surface area contributed by atoms with Gasteiger partial charge in [-0.3, -0.25) is 0 Å². The van der Waals surface area contributed by atoms with Crippen LogP contribution in [-0.2, 0) is 11.8 Å². The average molecular weight is 259 g/mol. The Kier molecular flexibility index (Phi) is 3.85. The van der Waals surface area contributed by atoms with Crippen LogP contribution in [0.1, 0.15) is 17.5 Å². The van der Waals surface area contributed by atoms with Gasteiger partial charge in [-0.15, -0.1) is 0 Å². The summed E-state index contributed by atoms with van der Waals surface area (Å²) in [6.07, 6.45) is 2.62. The van der Waals surface area contributed by atoms with Crippen LogP contribution in [0.15, 0.2) is 42.7 Å². The van der Waals surface area contributed by atoms with Gasteiger partial charge in [-0.05, 0) is 0 Å². The number of carbonyl (C=O) groups excluding carboxylic acids is 1. The van der Waals surface area contributed by atoms with Crippen molar-refractivity contribution in [2.45, 2.75) is 6.10 Å². The number of imidazole rings is 1. The average Bonchev–Trinajstić information content (AvgIpc) is 2.82. The summed E-state index contributed by atoms with van der Waals surface area (Å²) >= 11 is 0. The largest absolute Gasteiger partial charge is 0.433 e. The zero-order valence-electron chi connectivity index (χ0n) is 11.3. The van der Waals surface area contributed by atoms with Gasteiger partial charge in [0.2, 0.25) is 0 Å². The van der Waals surface area contributed by atoms with E-state index in [9.17, 15) is 4.79 Å². The van der Waals surface area contributed by atoms with Crippen LogP contribution in [0.25, 0.3) is 0 Å². The molecule has 0 bridgehead atoms. The standard InChI is InChI=1S/C14H17N3O2/c1-16(2)14(18)19-12(11-7-5-4-6-8-11)13-15-9-10-17(13)3/h4-10,12H,1-3H3. The van der Waals surface area contributed by atoms with E-state index >= 15 is 0 Å². The molecular formula is C14H17N3O2. The van der Waals surface area contributed by atoms with Gasteiger partial charge < -0.3 is 14.2 Å². The van der Waals surface area contributed by atoms with Gasteiger partial charge in [-0.1, -0.05) is 30.3 Å². The molecule has 100 valence electrons. The number of hydrogen-bond donors (Lipinski definition) is 0. The molecule has 0 spiro atoms. The number of benzene rings is 1. The molecule has 0 aliphatic rings. The first-order valence-corrected chi connectivity index (χ1v) is 5.99. The van der Waals surface area contributed by atoms with Crippen molar-refractivity contribution in [3.8, 4) is 0 Å². The van der Waals surface area contributed by atoms with Gasteiger partial charge in [0, 0.05) is 39.1 Å². The SMILES string of the molecule is CN(C)C(=O)OC(c1ccccc1)c1nccn1C. The fraction of sp³-hybridized carbons (Fsp3) is 0.286. The van der Waals surface area contributed by atoms with E-state index in [4.69, 9.17) is 4.74 Å². The molecule has 1 unspecified atom stereocenters. The molecule has 0 saturated heterocycles. The summed E-state index contributed by atoms with van der Waals surface area (Å²) < 4.78 is 7.37. The molecule has 0 radical (unpaired) electrons. The highest BCUT2D eigenvalue weighted by molar-refractivity contribution is 5.67. The zero-order valence-corrected chi connectivity index (χ0v) is 11.3. The van der Waals surface area contributed by atoms with Gasteiger partial charge in [0.15, 0.2) is 11.9 Å². The lowest BCUT2D eigenvalue weighted by Crippen LogP contribution is -2.26. The minimum absolute atomic E-state index is 0.392. The number of aryl methyl sites for hydroxylation is 1. The third-order valence-electron chi connectivity index (χ3n) is 2.78. The molecule has 0 N–H and O–H groups in total. The Balaban J connectivity index is 2.35. The van der Waals surface area contributed by atoms with Crippen LogP contribution < -0.4 is 0 Å². The first-order valence-electron chi connectivity index (χ1n) is 5.99. The maximum Gasteiger partial charge on any atom is 0.410 e. The molecule has 2 rings (SSSR count). The van der Waals surface area contributed by atoms with Crippen molar-refractivity contribution in [2.75, 3.05) is 14.1 Å². The second-order valence-corrected chi connectivity index (χ2v) is 4.47. The third kappa shape index (κ3) is 2.93. The zero-order chi connectivity index (χ0) is 13.8. The predicted molar refractivity (Wildman–Crippen MR) is 71.7 cm³/mol. The fourth-order valence-corrected chi connectivity index (χ4v) is 1.73. The van der Waals surface area contributed by atoms with Crippen LogP contribution in [-0.4, -0.2) is 34.6 Å². The van der Waals surface area contributed by atoms with E-state index in [1.165, 1.54) is 4.90 Å². The highest BCUT2D eigenvalue weighted by Crippen LogP contribution is 2.24. The lowest BCUT2D eigenvalue weighted by atomic mass is 10.1. The molecule has 5 nitrogen and oxygen atoms in total. The molecule has 1 atom stereocenters. The minimum atomic E-state index is -0.504. The van der Waals surface area contributed by atoms with E-state index in [0.717, 1.165) is 5.56 Å². The van der Waals surface area contributed by atoms with Crippen molar-refractivity contribution >= 4 is 6.09 Å². The molecule has 0 saturated carbocycles. The van der Waals surface area contributed by atoms with E-state index < -0.39 is 12.2 Å². The van der Waals surface area contributed by atoms with E-state index in [0.29, 0.717) is 5.82 Å². The Morgan fingerprint density at radius 1 is 1.32 bits per heavy atom. The molecule has 2 aromatic rings. The van der Waals surface area contributed by atoms with Crippen molar-refractivity contribution < 1.29 is 9.53 Å². The summed E-state index contributed by atoms with van der Waals surface area (Å²) in [6.45, 7) is 0. The summed E-state index contributed by atoms with van der Waals surface area (Å²) in [5.41, 5.74) is 0.895. The van der Waals surface area contributed by atoms with Crippen LogP contribution in [0, 0.1) is 0 Å². The number of carbonyl (C=O) groups is 1. The number of rotatable bonds is 3. The molecule has 1 aromatic carbocycles. The number of ether oxygens (including phenoxy) is 1. The third-order valence-corrected chi connectivity index (χ3v) is 2.78. The van der Waals surface area contributed by atoms with E-state index in [1.807, 2.05) is 48.1 Å². The first kappa shape index (κ1) is 13.1. The van der Waals surface area contributed by atoms with E-state index in [-0.39, 0.29) is 0 Å². The number of amides is 1. The van der Waals surface area contributed by atoms with Crippen LogP contribution in [0.2, 0.25) is 0 Å². The van der Waals surface area contributed by atoms with Gasteiger partial charge in [-0.25, -0.2) is 9.78 Å². The van der Waals surface area contributed by atoms with Crippen molar-refractivity contribution in [3.05, 3.63) is 54.1 Å². The smallest absolute Gasteiger partial charge is 0.410 e. The lowest BCUT2D eigenvalue weighted by molar-refractivity contribution is 0.0864. The molecule has 19 heavy (non-hydrogen) atoms. The monoisotopic (exact) mass is 259 g/mol. The normalized spacial score (nSPS) is 11.9. The Hall–Kier alpha value is -2.30. The van der Waals surface area contributed by atoms with Crippen LogP contribution in [0.3, 0.4) is 0 Å². The van der Waals surface area contributed by atoms with Crippen molar-refractivity contribution in [1.29, 1.82) is 0 Å². The molecule has 0 fully saturated rings. The summed E-state index contributed by atoms with van der Waals surface area (Å²) in [5, 5.41) is 0. The van der Waals surface area contributed by atoms with Crippen molar-refractivity contribution in [3.63, 3.8) is 0 Å². The highest BCUT2D eigenvalue weighted by Gasteiger charge is 2.23. The molecule has 1 amide bonds. The van der Waals surface area contributed by atoms with Crippen LogP contribution in [0.4, 0.5) is 4.79 Å². The summed E-state index contributed by atoms with van der Waals surface area (Å²) in [4.78, 5) is 17.5. The molecular weight excluding hydrogens is 242 g/mol. The van der Waals surface area contributed by atoms with Crippen LogP contribution >= 0.6 is 0 Å². The molecule has 5 heteroatoms. The quantitative estimate of drug-likeness (QED) is 0.849. The molecule has 1 aromatic heterocycles. The van der Waals surface area contributed by atoms with E-state index in [2.05, 4.69) is 4.98 Å². The van der Waals surface area contributed by atoms with Crippen molar-refractivity contribution in [1.82, 2.24) is 14.5 Å². The molecule has 0 aliphatic heterocycles. The Labute approximate surface area is 112 Å². The van der Waals surface area contributed by atoms with Gasteiger partial charge >= 0.3 is 6.09 Å². The molecule has 0 aliphatic carbocycles. The van der Waals surface area contributed by atoms with Crippen molar-refractivity contribution in [2.24, 2.45) is 7.05 Å². The second kappa shape index (κ2) is 5.56. The number of aromatic nitrogens is 2. The maximum absolute atomic E-state index is 11.8. The fourth-order valence-electron chi connectivity index (χ4n) is 1.73. The maximum atomic E-state index is 11.8. The second-order valence-electron chi connectivity index (χ2n) is 4.47. The Morgan fingerprint density at radius 3 is 2.53 bits per heavy atom. The number of hydrogen-bond acceptors (Lipinski definition) is 3. The lowest BCUT2D eigenvalue weighted by Gasteiger charge is -2.20. The predicted octanol–water partition coefficient (Wildman–Crippen LogP) is 2.21. The minimum Gasteiger partial charge on any atom is -0.433 e. The summed E-state index contributed by atoms with van der Waals surface area (Å²) in [6, 6.07) is 9.58. The summed E-state index contributed by atoms with van der Waals surface area (Å²) in [5.74, 6) is 0.696. The van der Waals surface area contributed by atoms with Gasteiger partial charge in [0.05, 0.1) is 0 Å². The van der Waals surface area contributed by atoms with Crippen LogP contribution in [0.5, 0.6) is 0 Å².